The van der Waals surface area contributed by atoms with E-state index in [1.807, 2.05) is 0 Å². The lowest BCUT2D eigenvalue weighted by atomic mass is 10.0. The van der Waals surface area contributed by atoms with Crippen LogP contribution in [0.3, 0.4) is 0 Å². The minimum atomic E-state index is -3.16. The molecule has 126 valence electrons. The van der Waals surface area contributed by atoms with Gasteiger partial charge in [-0.25, -0.2) is 17.6 Å². The molecule has 2 rings (SSSR count). The van der Waals surface area contributed by atoms with Crippen molar-refractivity contribution in [2.45, 2.75) is 18.9 Å². The van der Waals surface area contributed by atoms with Crippen molar-refractivity contribution < 1.29 is 27.1 Å². The van der Waals surface area contributed by atoms with Crippen LogP contribution in [-0.4, -0.2) is 43.9 Å². The summed E-state index contributed by atoms with van der Waals surface area (Å²) in [7, 11) is -3.16. The van der Waals surface area contributed by atoms with Gasteiger partial charge in [-0.3, -0.25) is 4.79 Å². The van der Waals surface area contributed by atoms with E-state index in [1.165, 1.54) is 12.1 Å². The van der Waals surface area contributed by atoms with Gasteiger partial charge in [-0.05, 0) is 31.5 Å². The van der Waals surface area contributed by atoms with Crippen molar-refractivity contribution in [3.63, 3.8) is 0 Å². The van der Waals surface area contributed by atoms with Crippen molar-refractivity contribution in [1.29, 1.82) is 0 Å². The second-order valence-corrected chi connectivity index (χ2v) is 8.75. The maximum Gasteiger partial charge on any atom is 0.341 e. The predicted octanol–water partition coefficient (Wildman–Crippen LogP) is 1.44. The molecule has 1 heterocycles. The first kappa shape index (κ1) is 17.9. The van der Waals surface area contributed by atoms with Crippen molar-refractivity contribution in [2.75, 3.05) is 18.1 Å². The number of esters is 1. The molecular weight excluding hydrogens is 393 g/mol. The summed E-state index contributed by atoms with van der Waals surface area (Å²) in [6.07, 6.45) is 0.302. The molecule has 0 radical (unpaired) electrons. The number of carbonyl (C=O) groups is 2. The fourth-order valence-corrected chi connectivity index (χ4v) is 4.77. The molecule has 1 aliphatic heterocycles. The summed E-state index contributed by atoms with van der Waals surface area (Å²) in [5, 5.41) is 2.54. The molecule has 1 fully saturated rings. The van der Waals surface area contributed by atoms with Gasteiger partial charge in [0, 0.05) is 4.47 Å². The fraction of sp³-hybridized carbons (Fsp3) is 0.429. The van der Waals surface area contributed by atoms with Gasteiger partial charge in [-0.1, -0.05) is 15.9 Å². The van der Waals surface area contributed by atoms with E-state index in [1.54, 1.807) is 6.92 Å². The fourth-order valence-electron chi connectivity index (χ4n) is 2.35. The van der Waals surface area contributed by atoms with Gasteiger partial charge in [0.1, 0.15) is 5.82 Å². The van der Waals surface area contributed by atoms with Crippen LogP contribution in [-0.2, 0) is 19.4 Å². The van der Waals surface area contributed by atoms with Gasteiger partial charge >= 0.3 is 5.97 Å². The zero-order valence-corrected chi connectivity index (χ0v) is 14.7. The van der Waals surface area contributed by atoms with E-state index < -0.39 is 39.7 Å². The van der Waals surface area contributed by atoms with Crippen molar-refractivity contribution in [1.82, 2.24) is 5.32 Å². The second kappa shape index (κ2) is 6.56. The molecule has 1 aromatic carbocycles. The van der Waals surface area contributed by atoms with Crippen LogP contribution in [0, 0.1) is 5.82 Å². The van der Waals surface area contributed by atoms with E-state index in [2.05, 4.69) is 21.2 Å². The number of sulfone groups is 1. The Labute approximate surface area is 141 Å². The number of nitrogens with one attached hydrogen (secondary N) is 1. The second-order valence-electron chi connectivity index (χ2n) is 5.65. The molecule has 0 unspecified atom stereocenters. The SMILES string of the molecule is C[C@@]1(NC(=O)COC(=O)c2ccc(Br)cc2F)CCS(=O)(=O)C1. The molecule has 0 aromatic heterocycles. The van der Waals surface area contributed by atoms with Crippen LogP contribution < -0.4 is 5.32 Å². The molecule has 9 heteroatoms. The zero-order chi connectivity index (χ0) is 17.3. The van der Waals surface area contributed by atoms with Crippen LogP contribution >= 0.6 is 15.9 Å². The number of ether oxygens (including phenoxy) is 1. The largest absolute Gasteiger partial charge is 0.452 e. The minimum absolute atomic E-state index is 0.00761. The number of rotatable bonds is 4. The van der Waals surface area contributed by atoms with Crippen LogP contribution in [0.4, 0.5) is 4.39 Å². The zero-order valence-electron chi connectivity index (χ0n) is 12.3. The van der Waals surface area contributed by atoms with Crippen LogP contribution in [0.15, 0.2) is 22.7 Å². The molecule has 1 amide bonds. The third-order valence-electron chi connectivity index (χ3n) is 3.43. The molecule has 1 aromatic rings. The molecule has 0 bridgehead atoms. The molecule has 1 saturated heterocycles. The Hall–Kier alpha value is -1.48. The molecular formula is C14H15BrFNO5S. The first-order valence-corrected chi connectivity index (χ1v) is 9.35. The number of halogens is 2. The van der Waals surface area contributed by atoms with Crippen LogP contribution in [0.25, 0.3) is 0 Å². The van der Waals surface area contributed by atoms with Crippen molar-refractivity contribution >= 4 is 37.6 Å². The van der Waals surface area contributed by atoms with Gasteiger partial charge in [0.05, 0.1) is 22.6 Å². The summed E-state index contributed by atoms with van der Waals surface area (Å²) in [6, 6.07) is 3.83. The highest BCUT2D eigenvalue weighted by molar-refractivity contribution is 9.10. The normalized spacial score (nSPS) is 22.6. The third kappa shape index (κ3) is 4.74. The molecule has 0 saturated carbocycles. The van der Waals surface area contributed by atoms with E-state index >= 15 is 0 Å². The standard InChI is InChI=1S/C14H15BrFNO5S/c1-14(4-5-23(20,21)8-14)17-12(18)7-22-13(19)10-3-2-9(15)6-11(10)16/h2-3,6H,4-5,7-8H2,1H3,(H,17,18)/t14-/m1/s1. The molecule has 6 nitrogen and oxygen atoms in total. The van der Waals surface area contributed by atoms with E-state index in [9.17, 15) is 22.4 Å². The van der Waals surface area contributed by atoms with Gasteiger partial charge in [-0.2, -0.15) is 0 Å². The maximum absolute atomic E-state index is 13.6. The highest BCUT2D eigenvalue weighted by Gasteiger charge is 2.39. The number of amides is 1. The quantitative estimate of drug-likeness (QED) is 0.762. The number of carbonyl (C=O) groups excluding carboxylic acids is 2. The Kier molecular flexibility index (Phi) is 5.10. The summed E-state index contributed by atoms with van der Waals surface area (Å²) in [5.41, 5.74) is -1.15. The van der Waals surface area contributed by atoms with Crippen molar-refractivity contribution in [3.05, 3.63) is 34.1 Å². The van der Waals surface area contributed by atoms with Crippen molar-refractivity contribution in [3.8, 4) is 0 Å². The average Bonchev–Trinajstić information content (AvgIpc) is 2.69. The molecule has 0 spiro atoms. The summed E-state index contributed by atoms with van der Waals surface area (Å²) < 4.78 is 41.8. The number of hydrogen-bond acceptors (Lipinski definition) is 5. The Balaban J connectivity index is 1.90. The van der Waals surface area contributed by atoms with Gasteiger partial charge in [0.25, 0.3) is 5.91 Å². The smallest absolute Gasteiger partial charge is 0.341 e. The summed E-state index contributed by atoms with van der Waals surface area (Å²) in [4.78, 5) is 23.6. The minimum Gasteiger partial charge on any atom is -0.452 e. The Morgan fingerprint density at radius 3 is 2.70 bits per heavy atom. The van der Waals surface area contributed by atoms with Crippen molar-refractivity contribution in [2.24, 2.45) is 0 Å². The predicted molar refractivity (Wildman–Crippen MR) is 84.2 cm³/mol. The molecule has 23 heavy (non-hydrogen) atoms. The summed E-state index contributed by atoms with van der Waals surface area (Å²) >= 11 is 3.07. The third-order valence-corrected chi connectivity index (χ3v) is 5.83. The van der Waals surface area contributed by atoms with E-state index in [0.29, 0.717) is 10.9 Å². The van der Waals surface area contributed by atoms with E-state index in [-0.39, 0.29) is 17.1 Å². The Bertz CT molecular complexity index is 752. The lowest BCUT2D eigenvalue weighted by Crippen LogP contribution is -2.48. The van der Waals surface area contributed by atoms with Crippen LogP contribution in [0.5, 0.6) is 0 Å². The van der Waals surface area contributed by atoms with Gasteiger partial charge < -0.3 is 10.1 Å². The van der Waals surface area contributed by atoms with E-state index in [4.69, 9.17) is 4.74 Å². The van der Waals surface area contributed by atoms with E-state index in [0.717, 1.165) is 6.07 Å². The van der Waals surface area contributed by atoms with Gasteiger partial charge in [-0.15, -0.1) is 0 Å². The lowest BCUT2D eigenvalue weighted by molar-refractivity contribution is -0.125. The first-order valence-electron chi connectivity index (χ1n) is 6.74. The maximum atomic E-state index is 13.6. The Morgan fingerprint density at radius 2 is 2.13 bits per heavy atom. The van der Waals surface area contributed by atoms with Gasteiger partial charge in [0.15, 0.2) is 16.4 Å². The average molecular weight is 408 g/mol. The molecule has 1 atom stereocenters. The highest BCUT2D eigenvalue weighted by atomic mass is 79.9. The van der Waals surface area contributed by atoms with Gasteiger partial charge in [0.2, 0.25) is 0 Å². The molecule has 1 N–H and O–H groups in total. The van der Waals surface area contributed by atoms with Crippen LogP contribution in [0.1, 0.15) is 23.7 Å². The Morgan fingerprint density at radius 1 is 1.43 bits per heavy atom. The highest BCUT2D eigenvalue weighted by Crippen LogP contribution is 2.22. The number of hydrogen-bond donors (Lipinski definition) is 1. The summed E-state index contributed by atoms with van der Waals surface area (Å²) in [6.45, 7) is 1.01. The summed E-state index contributed by atoms with van der Waals surface area (Å²) in [5.74, 6) is -2.50. The van der Waals surface area contributed by atoms with Crippen LogP contribution in [0.2, 0.25) is 0 Å². The monoisotopic (exact) mass is 407 g/mol. The molecule has 0 aliphatic carbocycles. The number of benzene rings is 1. The first-order chi connectivity index (χ1) is 10.6. The lowest BCUT2D eigenvalue weighted by Gasteiger charge is -2.23. The topological polar surface area (TPSA) is 89.5 Å². The molecule has 1 aliphatic rings.